The molecule has 4 rings (SSSR count). The van der Waals surface area contributed by atoms with E-state index in [1.54, 1.807) is 4.68 Å². The van der Waals surface area contributed by atoms with Crippen molar-refractivity contribution >= 4 is 10.9 Å². The van der Waals surface area contributed by atoms with Crippen molar-refractivity contribution in [3.8, 4) is 5.95 Å². The van der Waals surface area contributed by atoms with Crippen LogP contribution in [0, 0.1) is 6.92 Å². The highest BCUT2D eigenvalue weighted by Gasteiger charge is 2.25. The molecule has 1 aromatic carbocycles. The number of aryl methyl sites for hydroxylation is 1. The summed E-state index contributed by atoms with van der Waals surface area (Å²) in [5.74, 6) is 1.62. The van der Waals surface area contributed by atoms with Gasteiger partial charge in [0.25, 0.3) is 5.95 Å². The number of hydrogen-bond donors (Lipinski definition) is 1. The summed E-state index contributed by atoms with van der Waals surface area (Å²) < 4.78 is 7.38. The van der Waals surface area contributed by atoms with E-state index in [-0.39, 0.29) is 0 Å². The second-order valence-corrected chi connectivity index (χ2v) is 7.02. The summed E-state index contributed by atoms with van der Waals surface area (Å²) in [7, 11) is 2.00. The number of likely N-dealkylation sites (tertiary alicyclic amines) is 1. The maximum atomic E-state index is 5.60. The SMILES string of the molecule is CNCCCN1CCC(c2nc(-n3nc(C)c4ccccc43)no2)CC1. The lowest BCUT2D eigenvalue weighted by Gasteiger charge is -2.30. The number of benzene rings is 1. The number of nitrogens with one attached hydrogen (secondary N) is 1. The van der Waals surface area contributed by atoms with Gasteiger partial charge in [-0.2, -0.15) is 14.8 Å². The zero-order valence-corrected chi connectivity index (χ0v) is 15.5. The number of para-hydroxylation sites is 1. The van der Waals surface area contributed by atoms with Crippen LogP contribution in [0.1, 0.15) is 36.8 Å². The molecule has 7 heteroatoms. The highest BCUT2D eigenvalue weighted by Crippen LogP contribution is 2.28. The van der Waals surface area contributed by atoms with E-state index < -0.39 is 0 Å². The molecule has 0 saturated carbocycles. The molecule has 138 valence electrons. The van der Waals surface area contributed by atoms with Crippen LogP contribution in [0.15, 0.2) is 28.8 Å². The van der Waals surface area contributed by atoms with E-state index in [9.17, 15) is 0 Å². The summed E-state index contributed by atoms with van der Waals surface area (Å²) in [5, 5.41) is 13.1. The van der Waals surface area contributed by atoms with Gasteiger partial charge in [0.15, 0.2) is 0 Å². The van der Waals surface area contributed by atoms with Gasteiger partial charge < -0.3 is 14.7 Å². The van der Waals surface area contributed by atoms with Crippen molar-refractivity contribution in [2.24, 2.45) is 0 Å². The van der Waals surface area contributed by atoms with Crippen LogP contribution in [0.3, 0.4) is 0 Å². The first-order chi connectivity index (χ1) is 12.8. The number of nitrogens with zero attached hydrogens (tertiary/aromatic N) is 5. The van der Waals surface area contributed by atoms with Crippen LogP contribution in [0.2, 0.25) is 0 Å². The number of aromatic nitrogens is 4. The minimum absolute atomic E-state index is 0.347. The monoisotopic (exact) mass is 354 g/mol. The van der Waals surface area contributed by atoms with Crippen LogP contribution in [0.5, 0.6) is 0 Å². The molecule has 2 aromatic heterocycles. The Morgan fingerprint density at radius 1 is 1.23 bits per heavy atom. The van der Waals surface area contributed by atoms with Crippen molar-refractivity contribution in [3.05, 3.63) is 35.9 Å². The smallest absolute Gasteiger partial charge is 0.291 e. The zero-order chi connectivity index (χ0) is 17.9. The van der Waals surface area contributed by atoms with Gasteiger partial charge in [-0.3, -0.25) is 0 Å². The molecule has 0 spiro atoms. The van der Waals surface area contributed by atoms with Crippen LogP contribution in [-0.2, 0) is 0 Å². The first-order valence-corrected chi connectivity index (χ1v) is 9.41. The van der Waals surface area contributed by atoms with Gasteiger partial charge in [0, 0.05) is 11.3 Å². The largest absolute Gasteiger partial charge is 0.337 e. The Kier molecular flexibility index (Phi) is 4.99. The molecule has 3 heterocycles. The first-order valence-electron chi connectivity index (χ1n) is 9.41. The van der Waals surface area contributed by atoms with Crippen molar-refractivity contribution < 1.29 is 4.52 Å². The predicted octanol–water partition coefficient (Wildman–Crippen LogP) is 2.51. The number of fused-ring (bicyclic) bond motifs is 1. The van der Waals surface area contributed by atoms with Crippen LogP contribution in [-0.4, -0.2) is 58.0 Å². The molecule has 1 aliphatic rings. The summed E-state index contributed by atoms with van der Waals surface area (Å²) in [4.78, 5) is 7.19. The summed E-state index contributed by atoms with van der Waals surface area (Å²) in [6.45, 7) is 6.42. The van der Waals surface area contributed by atoms with Gasteiger partial charge >= 0.3 is 0 Å². The van der Waals surface area contributed by atoms with Crippen LogP contribution < -0.4 is 5.32 Å². The van der Waals surface area contributed by atoms with Gasteiger partial charge in [-0.1, -0.05) is 18.2 Å². The molecule has 0 aliphatic carbocycles. The summed E-state index contributed by atoms with van der Waals surface area (Å²) in [6.07, 6.45) is 3.33. The lowest BCUT2D eigenvalue weighted by molar-refractivity contribution is 0.192. The third kappa shape index (κ3) is 3.37. The van der Waals surface area contributed by atoms with Crippen molar-refractivity contribution in [3.63, 3.8) is 0 Å². The molecule has 1 saturated heterocycles. The average Bonchev–Trinajstić information content (AvgIpc) is 3.28. The fourth-order valence-electron chi connectivity index (χ4n) is 3.74. The molecule has 0 atom stereocenters. The average molecular weight is 354 g/mol. The Labute approximate surface area is 153 Å². The molecule has 1 N–H and O–H groups in total. The maximum absolute atomic E-state index is 5.60. The fraction of sp³-hybridized carbons (Fsp3) is 0.526. The van der Waals surface area contributed by atoms with Gasteiger partial charge in [0.2, 0.25) is 5.89 Å². The Morgan fingerprint density at radius 2 is 2.04 bits per heavy atom. The van der Waals surface area contributed by atoms with Gasteiger partial charge in [-0.15, -0.1) is 0 Å². The third-order valence-electron chi connectivity index (χ3n) is 5.23. The minimum atomic E-state index is 0.347. The van der Waals surface area contributed by atoms with Crippen molar-refractivity contribution in [2.45, 2.75) is 32.1 Å². The van der Waals surface area contributed by atoms with Crippen molar-refractivity contribution in [1.82, 2.24) is 30.1 Å². The maximum Gasteiger partial charge on any atom is 0.291 e. The second kappa shape index (κ2) is 7.55. The lowest BCUT2D eigenvalue weighted by Crippen LogP contribution is -2.34. The molecule has 0 unspecified atom stereocenters. The van der Waals surface area contributed by atoms with Crippen molar-refractivity contribution in [2.75, 3.05) is 33.2 Å². The molecular weight excluding hydrogens is 328 g/mol. The van der Waals surface area contributed by atoms with Gasteiger partial charge in [0.1, 0.15) is 0 Å². The molecule has 1 fully saturated rings. The van der Waals surface area contributed by atoms with Crippen molar-refractivity contribution in [1.29, 1.82) is 0 Å². The Morgan fingerprint density at radius 3 is 2.85 bits per heavy atom. The van der Waals surface area contributed by atoms with E-state index >= 15 is 0 Å². The summed E-state index contributed by atoms with van der Waals surface area (Å²) in [5.41, 5.74) is 1.98. The minimum Gasteiger partial charge on any atom is -0.337 e. The molecule has 1 aliphatic heterocycles. The van der Waals surface area contributed by atoms with E-state index in [1.807, 2.05) is 32.2 Å². The molecule has 3 aromatic rings. The molecule has 0 amide bonds. The third-order valence-corrected chi connectivity index (χ3v) is 5.23. The van der Waals surface area contributed by atoms with Gasteiger partial charge in [-0.05, 0) is 70.6 Å². The summed E-state index contributed by atoms with van der Waals surface area (Å²) in [6, 6.07) is 8.13. The predicted molar refractivity (Wildman–Crippen MR) is 101 cm³/mol. The normalized spacial score (nSPS) is 16.5. The highest BCUT2D eigenvalue weighted by atomic mass is 16.5. The van der Waals surface area contributed by atoms with Crippen LogP contribution in [0.25, 0.3) is 16.9 Å². The van der Waals surface area contributed by atoms with E-state index in [1.165, 1.54) is 6.42 Å². The number of piperidine rings is 1. The lowest BCUT2D eigenvalue weighted by atomic mass is 9.97. The van der Waals surface area contributed by atoms with Crippen LogP contribution >= 0.6 is 0 Å². The van der Waals surface area contributed by atoms with E-state index in [0.29, 0.717) is 11.9 Å². The van der Waals surface area contributed by atoms with E-state index in [2.05, 4.69) is 31.5 Å². The fourth-order valence-corrected chi connectivity index (χ4v) is 3.74. The Hall–Kier alpha value is -2.25. The quantitative estimate of drug-likeness (QED) is 0.686. The molecule has 0 radical (unpaired) electrons. The molecule has 7 nitrogen and oxygen atoms in total. The second-order valence-electron chi connectivity index (χ2n) is 7.02. The first kappa shape index (κ1) is 17.2. The number of rotatable bonds is 6. The van der Waals surface area contributed by atoms with E-state index in [0.717, 1.165) is 61.5 Å². The highest BCUT2D eigenvalue weighted by molar-refractivity contribution is 5.82. The Balaban J connectivity index is 1.45. The summed E-state index contributed by atoms with van der Waals surface area (Å²) >= 11 is 0. The Bertz CT molecular complexity index is 862. The standard InChI is InChI=1S/C19H26N6O/c1-14-16-6-3-4-7-17(16)25(22-14)19-21-18(26-23-19)15-8-12-24(13-9-15)11-5-10-20-2/h3-4,6-7,15,20H,5,8-13H2,1-2H3. The number of hydrogen-bond acceptors (Lipinski definition) is 6. The van der Waals surface area contributed by atoms with Crippen LogP contribution in [0.4, 0.5) is 0 Å². The molecule has 0 bridgehead atoms. The molecular formula is C19H26N6O. The zero-order valence-electron chi connectivity index (χ0n) is 15.5. The van der Waals surface area contributed by atoms with E-state index in [4.69, 9.17) is 4.52 Å². The van der Waals surface area contributed by atoms with Gasteiger partial charge in [0.05, 0.1) is 11.2 Å². The van der Waals surface area contributed by atoms with Gasteiger partial charge in [-0.25, -0.2) is 0 Å². The topological polar surface area (TPSA) is 72.0 Å². The molecule has 26 heavy (non-hydrogen) atoms.